The highest BCUT2D eigenvalue weighted by Crippen LogP contribution is 2.39. The van der Waals surface area contributed by atoms with E-state index >= 15 is 0 Å². The average molecular weight is 993 g/mol. The maximum absolute atomic E-state index is 14.2. The molecule has 2 aliphatic rings. The molecule has 1 heterocycles. The highest BCUT2D eigenvalue weighted by Gasteiger charge is 2.55. The third kappa shape index (κ3) is 17.4. The van der Waals surface area contributed by atoms with Crippen LogP contribution < -0.4 is 0 Å². The van der Waals surface area contributed by atoms with Crippen LogP contribution in [-0.4, -0.2) is 93.5 Å². The lowest BCUT2D eigenvalue weighted by Gasteiger charge is -2.50. The summed E-state index contributed by atoms with van der Waals surface area (Å²) in [6, 6.07) is 39.5. The van der Waals surface area contributed by atoms with Gasteiger partial charge < -0.3 is 47.4 Å². The van der Waals surface area contributed by atoms with Crippen LogP contribution in [0, 0.1) is 10.8 Å². The Labute approximate surface area is 428 Å². The Kier molecular flexibility index (Phi) is 22.5. The molecule has 0 radical (unpaired) electrons. The van der Waals surface area contributed by atoms with Crippen molar-refractivity contribution in [2.75, 3.05) is 20.3 Å². The van der Waals surface area contributed by atoms with Gasteiger partial charge in [0.1, 0.15) is 24.4 Å². The van der Waals surface area contributed by atoms with Gasteiger partial charge in [-0.2, -0.15) is 0 Å². The van der Waals surface area contributed by atoms with Crippen LogP contribution >= 0.6 is 0 Å². The van der Waals surface area contributed by atoms with Gasteiger partial charge in [0.25, 0.3) is 0 Å². The number of allylic oxidation sites excluding steroid dienone is 2. The van der Waals surface area contributed by atoms with Crippen molar-refractivity contribution < 1.29 is 57.0 Å². The van der Waals surface area contributed by atoms with E-state index in [0.717, 1.165) is 47.9 Å². The second-order valence-corrected chi connectivity index (χ2v) is 20.8. The number of carbonyl (C=O) groups is 2. The molecule has 1 saturated heterocycles. The van der Waals surface area contributed by atoms with E-state index in [4.69, 9.17) is 47.4 Å². The maximum Gasteiger partial charge on any atom is 0.311 e. The molecule has 12 nitrogen and oxygen atoms in total. The minimum Gasteiger partial charge on any atom is -0.456 e. The zero-order valence-electron chi connectivity index (χ0n) is 43.9. The molecular formula is C60H80O12. The van der Waals surface area contributed by atoms with Crippen molar-refractivity contribution in [3.63, 3.8) is 0 Å². The summed E-state index contributed by atoms with van der Waals surface area (Å²) in [5.41, 5.74) is 2.05. The number of methoxy groups -OCH3 is 1. The van der Waals surface area contributed by atoms with Crippen LogP contribution in [0.5, 0.6) is 0 Å². The molecule has 4 aromatic rings. The SMILES string of the molecule is CCC1OC(OC2C[C@@H](OCCC/C=C\CCCOC)[C@@H](OC(=O)C(C)(C)C)C(OCc3ccccc3)[C@H]2OCc2ccccc2)[C@@H](OC(=O)C(C)(C)C)C(OCc2ccccc2)[C@H]1OCc1ccccc1. The molecule has 72 heavy (non-hydrogen) atoms. The van der Waals surface area contributed by atoms with Crippen molar-refractivity contribution in [1.82, 2.24) is 0 Å². The van der Waals surface area contributed by atoms with Crippen molar-refractivity contribution in [3.8, 4) is 0 Å². The summed E-state index contributed by atoms with van der Waals surface area (Å²) in [6.07, 6.45) is 0.0456. The van der Waals surface area contributed by atoms with Crippen LogP contribution in [0.25, 0.3) is 0 Å². The number of hydrogen-bond acceptors (Lipinski definition) is 12. The Balaban J connectivity index is 1.41. The molecule has 1 aliphatic carbocycles. The van der Waals surface area contributed by atoms with Crippen LogP contribution in [0.15, 0.2) is 133 Å². The summed E-state index contributed by atoms with van der Waals surface area (Å²) >= 11 is 0. The van der Waals surface area contributed by atoms with Crippen LogP contribution in [-0.2, 0) is 83.4 Å². The largest absolute Gasteiger partial charge is 0.456 e. The number of esters is 2. The van der Waals surface area contributed by atoms with Gasteiger partial charge in [-0.1, -0.05) is 140 Å². The fourth-order valence-electron chi connectivity index (χ4n) is 8.63. The molecule has 0 N–H and O–H groups in total. The lowest BCUT2D eigenvalue weighted by Crippen LogP contribution is -2.65. The topological polar surface area (TPSA) is 126 Å². The molecule has 6 rings (SSSR count). The fraction of sp³-hybridized carbons (Fsp3) is 0.533. The van der Waals surface area contributed by atoms with Gasteiger partial charge in [-0.25, -0.2) is 0 Å². The number of unbranched alkanes of at least 4 members (excludes halogenated alkanes) is 2. The molecule has 2 fully saturated rings. The molecule has 0 aromatic heterocycles. The highest BCUT2D eigenvalue weighted by atomic mass is 16.7. The standard InChI is InChI=1S/C60H80O12/c1-9-47-50(65-39-43-28-18-14-19-29-43)54(68-42-46-34-24-17-25-35-46)55(72-58(62)60(5,6)7)56(69-47)70-49-38-48(64-37-27-13-11-10-12-26-36-63-8)52(71-57(61)59(2,3)4)53(67-41-45-32-22-16-23-33-45)51(49)66-40-44-30-20-15-21-31-44/h10-11,14-25,28-35,47-56H,9,12-13,26-27,36-42H2,1-8H3/b11-10-/t47?,48-,49?,50+,51+,52-,53?,54?,55+,56?/m1/s1. The molecule has 4 aromatic carbocycles. The Morgan fingerprint density at radius 1 is 0.514 bits per heavy atom. The molecule has 1 aliphatic heterocycles. The quantitative estimate of drug-likeness (QED) is 0.0338. The van der Waals surface area contributed by atoms with E-state index in [1.54, 1.807) is 7.11 Å². The van der Waals surface area contributed by atoms with E-state index in [1.807, 2.05) is 170 Å². The molecule has 12 heteroatoms. The van der Waals surface area contributed by atoms with E-state index in [2.05, 4.69) is 12.2 Å². The minimum absolute atomic E-state index is 0.188. The number of carbonyl (C=O) groups excluding carboxylic acids is 2. The lowest BCUT2D eigenvalue weighted by molar-refractivity contribution is -0.342. The molecule has 392 valence electrons. The molecule has 1 saturated carbocycles. The first-order valence-electron chi connectivity index (χ1n) is 25.9. The van der Waals surface area contributed by atoms with Crippen LogP contribution in [0.2, 0.25) is 0 Å². The second kappa shape index (κ2) is 28.6. The molecular weight excluding hydrogens is 913 g/mol. The molecule has 5 unspecified atom stereocenters. The van der Waals surface area contributed by atoms with Gasteiger partial charge in [-0.15, -0.1) is 0 Å². The van der Waals surface area contributed by atoms with Crippen LogP contribution in [0.4, 0.5) is 0 Å². The summed E-state index contributed by atoms with van der Waals surface area (Å²) in [5, 5.41) is 0. The summed E-state index contributed by atoms with van der Waals surface area (Å²) in [4.78, 5) is 28.3. The lowest BCUT2D eigenvalue weighted by atomic mass is 9.85. The van der Waals surface area contributed by atoms with E-state index < -0.39 is 84.0 Å². The fourth-order valence-corrected chi connectivity index (χ4v) is 8.63. The van der Waals surface area contributed by atoms with Crippen molar-refractivity contribution in [1.29, 1.82) is 0 Å². The zero-order chi connectivity index (χ0) is 51.4. The molecule has 10 atom stereocenters. The molecule has 0 bridgehead atoms. The number of hydrogen-bond donors (Lipinski definition) is 0. The predicted molar refractivity (Wildman–Crippen MR) is 276 cm³/mol. The van der Waals surface area contributed by atoms with Gasteiger partial charge in [-0.3, -0.25) is 9.59 Å². The Bertz CT molecular complexity index is 2170. The summed E-state index contributed by atoms with van der Waals surface area (Å²) in [7, 11) is 1.71. The van der Waals surface area contributed by atoms with Crippen LogP contribution in [0.1, 0.15) is 109 Å². The van der Waals surface area contributed by atoms with Gasteiger partial charge in [0.15, 0.2) is 18.5 Å². The predicted octanol–water partition coefficient (Wildman–Crippen LogP) is 11.3. The number of benzene rings is 4. The monoisotopic (exact) mass is 993 g/mol. The summed E-state index contributed by atoms with van der Waals surface area (Å²) < 4.78 is 67.1. The van der Waals surface area contributed by atoms with Crippen LogP contribution in [0.3, 0.4) is 0 Å². The zero-order valence-corrected chi connectivity index (χ0v) is 43.9. The van der Waals surface area contributed by atoms with E-state index in [1.165, 1.54) is 0 Å². The Hall–Kier alpha value is -4.76. The number of ether oxygens (including phenoxy) is 10. The van der Waals surface area contributed by atoms with Crippen molar-refractivity contribution in [3.05, 3.63) is 156 Å². The average Bonchev–Trinajstić information content (AvgIpc) is 3.37. The first kappa shape index (κ1) is 56.5. The maximum atomic E-state index is 14.2. The highest BCUT2D eigenvalue weighted by molar-refractivity contribution is 5.76. The second-order valence-electron chi connectivity index (χ2n) is 20.8. The van der Waals surface area contributed by atoms with E-state index in [-0.39, 0.29) is 32.8 Å². The number of rotatable bonds is 26. The van der Waals surface area contributed by atoms with Gasteiger partial charge in [0, 0.05) is 26.7 Å². The third-order valence-corrected chi connectivity index (χ3v) is 12.7. The minimum atomic E-state index is -1.17. The van der Waals surface area contributed by atoms with Crippen molar-refractivity contribution in [2.24, 2.45) is 10.8 Å². The van der Waals surface area contributed by atoms with Crippen molar-refractivity contribution >= 4 is 11.9 Å². The first-order valence-corrected chi connectivity index (χ1v) is 25.9. The Morgan fingerprint density at radius 3 is 1.35 bits per heavy atom. The third-order valence-electron chi connectivity index (χ3n) is 12.7. The van der Waals surface area contributed by atoms with Gasteiger partial charge in [-0.05, 0) is 95.9 Å². The van der Waals surface area contributed by atoms with E-state index in [0.29, 0.717) is 19.6 Å². The molecule has 0 amide bonds. The van der Waals surface area contributed by atoms with Crippen molar-refractivity contribution in [2.45, 2.75) is 175 Å². The Morgan fingerprint density at radius 2 is 0.917 bits per heavy atom. The smallest absolute Gasteiger partial charge is 0.311 e. The normalized spacial score (nSPS) is 24.8. The molecule has 0 spiro atoms. The van der Waals surface area contributed by atoms with Gasteiger partial charge in [0.05, 0.1) is 55.6 Å². The summed E-state index contributed by atoms with van der Waals surface area (Å²) in [6.45, 7) is 14.9. The summed E-state index contributed by atoms with van der Waals surface area (Å²) in [5.74, 6) is -0.854. The van der Waals surface area contributed by atoms with Gasteiger partial charge >= 0.3 is 11.9 Å². The van der Waals surface area contributed by atoms with Gasteiger partial charge in [0.2, 0.25) is 0 Å². The van der Waals surface area contributed by atoms with E-state index in [9.17, 15) is 9.59 Å². The first-order chi connectivity index (χ1) is 34.7.